The topological polar surface area (TPSA) is 107 Å². The molecular formula is C17H14N2O4S. The molecule has 0 aromatic heterocycles. The molecule has 122 valence electrons. The van der Waals surface area contributed by atoms with Crippen molar-refractivity contribution < 1.29 is 18.9 Å². The average molecular weight is 342 g/mol. The third-order valence-corrected chi connectivity index (χ3v) is 4.33. The van der Waals surface area contributed by atoms with Gasteiger partial charge in [-0.25, -0.2) is 4.79 Å². The Morgan fingerprint density at radius 2 is 1.88 bits per heavy atom. The molecule has 24 heavy (non-hydrogen) atoms. The van der Waals surface area contributed by atoms with E-state index in [-0.39, 0.29) is 17.1 Å². The highest BCUT2D eigenvalue weighted by atomic mass is 32.2. The van der Waals surface area contributed by atoms with Crippen LogP contribution in [-0.4, -0.2) is 26.9 Å². The average Bonchev–Trinajstić information content (AvgIpc) is 2.55. The molecule has 0 radical (unpaired) electrons. The monoisotopic (exact) mass is 342 g/mol. The molecule has 0 bridgehead atoms. The van der Waals surface area contributed by atoms with E-state index in [1.807, 2.05) is 6.07 Å². The number of carbonyl (C=O) groups excluding carboxylic acids is 1. The van der Waals surface area contributed by atoms with Crippen LogP contribution in [-0.2, 0) is 21.3 Å². The van der Waals surface area contributed by atoms with Gasteiger partial charge in [-0.3, -0.25) is 9.00 Å². The van der Waals surface area contributed by atoms with Gasteiger partial charge in [-0.1, -0.05) is 12.1 Å². The number of rotatable bonds is 6. The zero-order valence-corrected chi connectivity index (χ0v) is 13.4. The second kappa shape index (κ2) is 8.04. The minimum absolute atomic E-state index is 0.119. The number of hydrogen-bond donors (Lipinski definition) is 2. The third kappa shape index (κ3) is 5.04. The van der Waals surface area contributed by atoms with Crippen LogP contribution >= 0.6 is 0 Å². The number of nitriles is 1. The Balaban J connectivity index is 1.90. The SMILES string of the molecule is N#Cc1cccc(CS(=O)CC(=O)Nc2ccc(C(=O)O)cc2)c1. The summed E-state index contributed by atoms with van der Waals surface area (Å²) >= 11 is 0. The lowest BCUT2D eigenvalue weighted by atomic mass is 10.2. The maximum atomic E-state index is 12.0. The van der Waals surface area contributed by atoms with Gasteiger partial charge in [0.1, 0.15) is 5.75 Å². The van der Waals surface area contributed by atoms with Crippen molar-refractivity contribution in [3.05, 3.63) is 65.2 Å². The first-order chi connectivity index (χ1) is 11.5. The fourth-order valence-electron chi connectivity index (χ4n) is 2.01. The lowest BCUT2D eigenvalue weighted by molar-refractivity contribution is -0.113. The number of nitrogens with one attached hydrogen (secondary N) is 1. The molecule has 0 spiro atoms. The van der Waals surface area contributed by atoms with Crippen LogP contribution in [0.25, 0.3) is 0 Å². The zero-order chi connectivity index (χ0) is 17.5. The predicted octanol–water partition coefficient (Wildman–Crippen LogP) is 2.14. The molecule has 0 aliphatic rings. The van der Waals surface area contributed by atoms with Gasteiger partial charge in [-0.15, -0.1) is 0 Å². The van der Waals surface area contributed by atoms with Crippen LogP contribution in [0.5, 0.6) is 0 Å². The van der Waals surface area contributed by atoms with Crippen LogP contribution in [0.2, 0.25) is 0 Å². The molecule has 2 aromatic rings. The smallest absolute Gasteiger partial charge is 0.335 e. The number of carboxylic acids is 1. The molecule has 2 rings (SSSR count). The molecule has 0 heterocycles. The van der Waals surface area contributed by atoms with Crippen molar-refractivity contribution >= 4 is 28.4 Å². The number of carbonyl (C=O) groups is 2. The Bertz CT molecular complexity index is 825. The van der Waals surface area contributed by atoms with E-state index < -0.39 is 22.7 Å². The van der Waals surface area contributed by atoms with Gasteiger partial charge in [-0.05, 0) is 42.0 Å². The van der Waals surface area contributed by atoms with E-state index in [0.29, 0.717) is 11.3 Å². The highest BCUT2D eigenvalue weighted by Gasteiger charge is 2.10. The van der Waals surface area contributed by atoms with Crippen molar-refractivity contribution in [1.82, 2.24) is 0 Å². The summed E-state index contributed by atoms with van der Waals surface area (Å²) < 4.78 is 12.0. The van der Waals surface area contributed by atoms with E-state index in [1.54, 1.807) is 24.3 Å². The first kappa shape index (κ1) is 17.4. The number of aromatic carboxylic acids is 1. The number of carboxylic acid groups (broad SMARTS) is 1. The van der Waals surface area contributed by atoms with E-state index in [9.17, 15) is 13.8 Å². The van der Waals surface area contributed by atoms with Crippen LogP contribution in [0.4, 0.5) is 5.69 Å². The maximum absolute atomic E-state index is 12.0. The third-order valence-electron chi connectivity index (χ3n) is 3.09. The lowest BCUT2D eigenvalue weighted by Crippen LogP contribution is -2.20. The summed E-state index contributed by atoms with van der Waals surface area (Å²) in [6.07, 6.45) is 0. The van der Waals surface area contributed by atoms with Crippen LogP contribution in [0.15, 0.2) is 48.5 Å². The summed E-state index contributed by atoms with van der Waals surface area (Å²) in [5, 5.41) is 20.2. The summed E-state index contributed by atoms with van der Waals surface area (Å²) in [6, 6.07) is 14.5. The first-order valence-corrected chi connectivity index (χ1v) is 8.44. The van der Waals surface area contributed by atoms with E-state index >= 15 is 0 Å². The summed E-state index contributed by atoms with van der Waals surface area (Å²) in [6.45, 7) is 0. The molecule has 0 aliphatic carbocycles. The quantitative estimate of drug-likeness (QED) is 0.836. The highest BCUT2D eigenvalue weighted by molar-refractivity contribution is 7.84. The van der Waals surface area contributed by atoms with Crippen molar-refractivity contribution in [3.8, 4) is 6.07 Å². The number of nitrogens with zero attached hydrogens (tertiary/aromatic N) is 1. The van der Waals surface area contributed by atoms with Crippen molar-refractivity contribution in [2.75, 3.05) is 11.1 Å². The molecular weight excluding hydrogens is 328 g/mol. The van der Waals surface area contributed by atoms with E-state index in [1.165, 1.54) is 24.3 Å². The Labute approximate surface area is 141 Å². The molecule has 0 saturated heterocycles. The Hall–Kier alpha value is -2.98. The molecule has 6 nitrogen and oxygen atoms in total. The van der Waals surface area contributed by atoms with Crippen LogP contribution in [0, 0.1) is 11.3 Å². The van der Waals surface area contributed by atoms with Gasteiger partial charge in [0.05, 0.1) is 17.2 Å². The molecule has 1 amide bonds. The molecule has 1 unspecified atom stereocenters. The predicted molar refractivity (Wildman–Crippen MR) is 89.9 cm³/mol. The minimum Gasteiger partial charge on any atom is -0.478 e. The van der Waals surface area contributed by atoms with E-state index in [2.05, 4.69) is 5.32 Å². The second-order valence-electron chi connectivity index (χ2n) is 4.97. The minimum atomic E-state index is -1.41. The standard InChI is InChI=1S/C17H14N2O4S/c18-9-12-2-1-3-13(8-12)10-24(23)11-16(20)19-15-6-4-14(5-7-15)17(21)22/h1-8H,10-11H2,(H,19,20)(H,21,22). The fraction of sp³-hybridized carbons (Fsp3) is 0.118. The Morgan fingerprint density at radius 1 is 1.17 bits per heavy atom. The van der Waals surface area contributed by atoms with Gasteiger partial charge in [0.2, 0.25) is 5.91 Å². The molecule has 2 N–H and O–H groups in total. The van der Waals surface area contributed by atoms with Gasteiger partial charge >= 0.3 is 5.97 Å². The number of amides is 1. The molecule has 2 aromatic carbocycles. The number of hydrogen-bond acceptors (Lipinski definition) is 4. The van der Waals surface area contributed by atoms with Gasteiger partial charge < -0.3 is 10.4 Å². The van der Waals surface area contributed by atoms with Gasteiger partial charge in [0.15, 0.2) is 0 Å². The van der Waals surface area contributed by atoms with Crippen LogP contribution in [0.1, 0.15) is 21.5 Å². The molecule has 1 atom stereocenters. The van der Waals surface area contributed by atoms with Crippen molar-refractivity contribution in [2.24, 2.45) is 0 Å². The van der Waals surface area contributed by atoms with Crippen molar-refractivity contribution in [2.45, 2.75) is 5.75 Å². The van der Waals surface area contributed by atoms with Gasteiger partial charge in [0.25, 0.3) is 0 Å². The fourth-order valence-corrected chi connectivity index (χ4v) is 3.03. The van der Waals surface area contributed by atoms with Crippen LogP contribution < -0.4 is 5.32 Å². The maximum Gasteiger partial charge on any atom is 0.335 e. The molecule has 0 fully saturated rings. The van der Waals surface area contributed by atoms with Crippen LogP contribution in [0.3, 0.4) is 0 Å². The Kier molecular flexibility index (Phi) is 5.82. The van der Waals surface area contributed by atoms with Gasteiger partial charge in [0, 0.05) is 22.2 Å². The summed E-state index contributed by atoms with van der Waals surface area (Å²) in [5.74, 6) is -1.47. The Morgan fingerprint density at radius 3 is 2.50 bits per heavy atom. The molecule has 0 saturated carbocycles. The lowest BCUT2D eigenvalue weighted by Gasteiger charge is -2.06. The largest absolute Gasteiger partial charge is 0.478 e. The normalized spacial score (nSPS) is 11.3. The summed E-state index contributed by atoms with van der Waals surface area (Å²) in [5.41, 5.74) is 1.76. The molecule has 0 aliphatic heterocycles. The zero-order valence-electron chi connectivity index (χ0n) is 12.6. The number of anilines is 1. The highest BCUT2D eigenvalue weighted by Crippen LogP contribution is 2.11. The summed E-state index contributed by atoms with van der Waals surface area (Å²) in [4.78, 5) is 22.6. The second-order valence-corrected chi connectivity index (χ2v) is 6.43. The molecule has 7 heteroatoms. The van der Waals surface area contributed by atoms with E-state index in [0.717, 1.165) is 5.56 Å². The van der Waals surface area contributed by atoms with E-state index in [4.69, 9.17) is 10.4 Å². The first-order valence-electron chi connectivity index (χ1n) is 6.95. The van der Waals surface area contributed by atoms with Crippen molar-refractivity contribution in [3.63, 3.8) is 0 Å². The van der Waals surface area contributed by atoms with Crippen molar-refractivity contribution in [1.29, 1.82) is 5.26 Å². The summed E-state index contributed by atoms with van der Waals surface area (Å²) in [7, 11) is -1.41. The van der Waals surface area contributed by atoms with Gasteiger partial charge in [-0.2, -0.15) is 5.26 Å². The number of benzene rings is 2.